The Kier molecular flexibility index (Phi) is 23.8. The van der Waals surface area contributed by atoms with Crippen molar-refractivity contribution in [1.29, 1.82) is 5.26 Å². The van der Waals surface area contributed by atoms with E-state index in [0.717, 1.165) is 16.7 Å². The lowest BCUT2D eigenvalue weighted by Gasteiger charge is -2.25. The fourth-order valence-corrected chi connectivity index (χ4v) is 6.35. The van der Waals surface area contributed by atoms with Gasteiger partial charge in [0.05, 0.1) is 11.5 Å². The van der Waals surface area contributed by atoms with Crippen molar-refractivity contribution in [2.75, 3.05) is 0 Å². The van der Waals surface area contributed by atoms with Crippen LogP contribution < -0.4 is 0 Å². The van der Waals surface area contributed by atoms with E-state index in [9.17, 15) is 15.3 Å². The zero-order chi connectivity index (χ0) is 50.7. The van der Waals surface area contributed by atoms with Crippen molar-refractivity contribution in [2.45, 2.75) is 212 Å². The summed E-state index contributed by atoms with van der Waals surface area (Å²) >= 11 is 0. The molecule has 0 unspecified atom stereocenters. The van der Waals surface area contributed by atoms with Gasteiger partial charge in [-0.05, 0) is 148 Å². The molecule has 372 valence electrons. The van der Waals surface area contributed by atoms with Crippen LogP contribution in [0.25, 0.3) is 0 Å². The summed E-state index contributed by atoms with van der Waals surface area (Å²) in [5.41, 5.74) is 12.5. The Morgan fingerprint density at radius 3 is 1.00 bits per heavy atom. The quantitative estimate of drug-likeness (QED) is 0.156. The third-order valence-corrected chi connectivity index (χ3v) is 11.3. The molecule has 0 spiro atoms. The number of rotatable bonds is 1. The van der Waals surface area contributed by atoms with Gasteiger partial charge in [-0.15, -0.1) is 0 Å². The van der Waals surface area contributed by atoms with Crippen LogP contribution in [0.15, 0.2) is 103 Å². The molecule has 0 aliphatic rings. The van der Waals surface area contributed by atoms with Crippen LogP contribution in [0.4, 0.5) is 0 Å². The summed E-state index contributed by atoms with van der Waals surface area (Å²) in [5, 5.41) is 37.5. The lowest BCUT2D eigenvalue weighted by Crippen LogP contribution is -2.17. The van der Waals surface area contributed by atoms with Crippen molar-refractivity contribution >= 4 is 0 Å². The highest BCUT2D eigenvalue weighted by Crippen LogP contribution is 2.33. The topological polar surface area (TPSA) is 84.5 Å². The molecule has 3 N–H and O–H groups in total. The number of phenols is 3. The molecule has 0 heterocycles. The van der Waals surface area contributed by atoms with E-state index in [0.29, 0.717) is 17.2 Å². The molecule has 0 fully saturated rings. The standard InChI is InChI=1S/C14H19N.C14H22O.2C11H16O.C11H16.2CH4/c1-13(2,3)11-7-6-8-12(9-11)14(4,5)10-15;1-13(2,3)10-7-11(14(4,5)6)9-12(15)8-10;1-8-5-9(11(2,3)4)7-10(12)6-8;1-8-7-9(11(2,3)4)5-6-10(8)12;1-9-6-5-7-10(8-9)11(2,3)4;;/h6-9H,1-5H3;7-9,15H,1-6H3;2*5-7,12H,1-4H3;5-8H,1-4H3;2*1H4. The van der Waals surface area contributed by atoms with Gasteiger partial charge < -0.3 is 15.3 Å². The van der Waals surface area contributed by atoms with E-state index >= 15 is 0 Å². The van der Waals surface area contributed by atoms with Crippen molar-refractivity contribution in [1.82, 2.24) is 0 Å². The first-order valence-corrected chi connectivity index (χ1v) is 23.2. The van der Waals surface area contributed by atoms with Crippen LogP contribution in [0.1, 0.15) is 209 Å². The molecule has 0 amide bonds. The molecule has 0 bridgehead atoms. The van der Waals surface area contributed by atoms with Crippen molar-refractivity contribution in [3.05, 3.63) is 159 Å². The van der Waals surface area contributed by atoms with Gasteiger partial charge in [-0.1, -0.05) is 218 Å². The van der Waals surface area contributed by atoms with Gasteiger partial charge in [0.25, 0.3) is 0 Å². The monoisotopic (exact) mass is 916 g/mol. The van der Waals surface area contributed by atoms with Gasteiger partial charge in [-0.3, -0.25) is 0 Å². The molecular weight excluding hydrogens is 819 g/mol. The van der Waals surface area contributed by atoms with Gasteiger partial charge in [0.2, 0.25) is 0 Å². The van der Waals surface area contributed by atoms with E-state index in [1.165, 1.54) is 38.9 Å². The van der Waals surface area contributed by atoms with Crippen LogP contribution in [0, 0.1) is 32.1 Å². The second-order valence-electron chi connectivity index (χ2n) is 24.5. The molecule has 0 saturated carbocycles. The van der Waals surface area contributed by atoms with E-state index in [1.807, 2.05) is 70.2 Å². The maximum Gasteiger partial charge on any atom is 0.118 e. The highest BCUT2D eigenvalue weighted by molar-refractivity contribution is 5.41. The van der Waals surface area contributed by atoms with Crippen molar-refractivity contribution in [3.8, 4) is 23.3 Å². The van der Waals surface area contributed by atoms with Gasteiger partial charge in [0.1, 0.15) is 17.2 Å². The van der Waals surface area contributed by atoms with Crippen LogP contribution >= 0.6 is 0 Å². The predicted octanol–water partition coefficient (Wildman–Crippen LogP) is 18.3. The molecule has 5 rings (SSSR count). The Balaban J connectivity index is 0. The molecule has 0 aliphatic carbocycles. The maximum absolute atomic E-state index is 9.72. The Morgan fingerprint density at radius 2 is 0.657 bits per heavy atom. The molecule has 0 radical (unpaired) electrons. The lowest BCUT2D eigenvalue weighted by atomic mass is 9.80. The average molecular weight is 916 g/mol. The summed E-state index contributed by atoms with van der Waals surface area (Å²) in [5.74, 6) is 1.11. The van der Waals surface area contributed by atoms with Crippen LogP contribution in [0.3, 0.4) is 0 Å². The Hall–Kier alpha value is -5.01. The number of benzene rings is 5. The molecule has 67 heavy (non-hydrogen) atoms. The Bertz CT molecular complexity index is 2260. The SMILES string of the molecule is C.C.CC(C)(C)c1cc(O)cc(C(C)(C)C)c1.CC(C)(C)c1cccc(C(C)(C)C#N)c1.Cc1cc(C(C)(C)C)ccc1O.Cc1cc(O)cc(C(C)(C)C)c1.Cc1cccc(C(C)(C)C)c1. The third-order valence-electron chi connectivity index (χ3n) is 11.3. The first-order chi connectivity index (χ1) is 29.2. The minimum atomic E-state index is -0.402. The van der Waals surface area contributed by atoms with Crippen molar-refractivity contribution in [2.24, 2.45) is 0 Å². The van der Waals surface area contributed by atoms with Crippen LogP contribution in [0.2, 0.25) is 0 Å². The minimum Gasteiger partial charge on any atom is -0.508 e. The molecule has 5 aromatic carbocycles. The highest BCUT2D eigenvalue weighted by Gasteiger charge is 2.23. The molecule has 0 aromatic heterocycles. The van der Waals surface area contributed by atoms with E-state index in [4.69, 9.17) is 5.26 Å². The van der Waals surface area contributed by atoms with E-state index in [-0.39, 0.29) is 47.3 Å². The fraction of sp³-hybridized carbons (Fsp3) is 0.508. The number of aryl methyl sites for hydroxylation is 3. The lowest BCUT2D eigenvalue weighted by molar-refractivity contribution is 0.465. The van der Waals surface area contributed by atoms with Crippen LogP contribution in [0.5, 0.6) is 17.2 Å². The van der Waals surface area contributed by atoms with Gasteiger partial charge >= 0.3 is 0 Å². The van der Waals surface area contributed by atoms with Crippen molar-refractivity contribution in [3.63, 3.8) is 0 Å². The zero-order valence-corrected chi connectivity index (χ0v) is 45.1. The number of nitriles is 1. The van der Waals surface area contributed by atoms with Gasteiger partial charge in [-0.2, -0.15) is 5.26 Å². The summed E-state index contributed by atoms with van der Waals surface area (Å²) < 4.78 is 0. The second-order valence-corrected chi connectivity index (χ2v) is 24.5. The molecule has 0 aliphatic heterocycles. The highest BCUT2D eigenvalue weighted by atomic mass is 16.3. The summed E-state index contributed by atoms with van der Waals surface area (Å²) in [6.07, 6.45) is 0. The number of aromatic hydroxyl groups is 3. The maximum atomic E-state index is 9.72. The number of hydrogen-bond acceptors (Lipinski definition) is 4. The average Bonchev–Trinajstić information content (AvgIpc) is 3.14. The number of hydrogen-bond donors (Lipinski definition) is 3. The van der Waals surface area contributed by atoms with E-state index < -0.39 is 5.41 Å². The predicted molar refractivity (Wildman–Crippen MR) is 296 cm³/mol. The largest absolute Gasteiger partial charge is 0.508 e. The van der Waals surface area contributed by atoms with Gasteiger partial charge in [-0.25, -0.2) is 0 Å². The number of nitrogens with zero attached hydrogens (tertiary/aromatic N) is 1. The molecule has 4 nitrogen and oxygen atoms in total. The third kappa shape index (κ3) is 22.6. The van der Waals surface area contributed by atoms with Crippen LogP contribution in [-0.2, 0) is 37.9 Å². The molecular formula is C63H97NO3. The minimum absolute atomic E-state index is 0. The summed E-state index contributed by atoms with van der Waals surface area (Å²) in [6.45, 7) is 49.1. The Morgan fingerprint density at radius 1 is 0.343 bits per heavy atom. The summed E-state index contributed by atoms with van der Waals surface area (Å²) in [7, 11) is 0. The summed E-state index contributed by atoms with van der Waals surface area (Å²) in [4.78, 5) is 0. The molecule has 0 atom stereocenters. The first-order valence-electron chi connectivity index (χ1n) is 23.2. The summed E-state index contributed by atoms with van der Waals surface area (Å²) in [6, 6.07) is 36.7. The molecule has 4 heteroatoms. The smallest absolute Gasteiger partial charge is 0.118 e. The second kappa shape index (κ2) is 24.8. The normalized spacial score (nSPS) is 11.7. The van der Waals surface area contributed by atoms with Gasteiger partial charge in [0.15, 0.2) is 0 Å². The molecule has 0 saturated heterocycles. The van der Waals surface area contributed by atoms with E-state index in [1.54, 1.807) is 12.1 Å². The first kappa shape index (κ1) is 64.1. The van der Waals surface area contributed by atoms with Gasteiger partial charge in [0, 0.05) is 0 Å². The number of phenolic OH excluding ortho intramolecular Hbond substituents is 3. The zero-order valence-electron chi connectivity index (χ0n) is 45.1. The molecule has 5 aromatic rings. The van der Waals surface area contributed by atoms with Crippen LogP contribution in [-0.4, -0.2) is 15.3 Å². The Labute approximate surface area is 413 Å². The van der Waals surface area contributed by atoms with E-state index in [2.05, 4.69) is 186 Å². The van der Waals surface area contributed by atoms with Crippen molar-refractivity contribution < 1.29 is 15.3 Å². The fourth-order valence-electron chi connectivity index (χ4n) is 6.35.